The van der Waals surface area contributed by atoms with Gasteiger partial charge in [-0.05, 0) is 6.07 Å². The zero-order chi connectivity index (χ0) is 16.2. The molecule has 0 aliphatic carbocycles. The van der Waals surface area contributed by atoms with Crippen LogP contribution in [0.3, 0.4) is 0 Å². The zero-order valence-corrected chi connectivity index (χ0v) is 13.8. The number of alkyl halides is 2. The number of carboxylic acids is 1. The number of hydrogen-bond acceptors (Lipinski definition) is 5. The number of non-ortho nitro benzene ring substituents is 1. The topological polar surface area (TPSA) is 119 Å². The number of benzene rings is 1. The molecule has 0 bridgehead atoms. The smallest absolute Gasteiger partial charge is 0.318 e. The first-order chi connectivity index (χ1) is 9.77. The molecule has 0 unspecified atom stereocenters. The van der Waals surface area contributed by atoms with E-state index in [9.17, 15) is 19.7 Å². The predicted molar refractivity (Wildman–Crippen MR) is 81.3 cm³/mol. The van der Waals surface area contributed by atoms with Crippen LogP contribution in [0, 0.1) is 10.1 Å². The van der Waals surface area contributed by atoms with Crippen molar-refractivity contribution in [3.8, 4) is 5.75 Å². The molecule has 0 heterocycles. The first-order valence-electron chi connectivity index (χ1n) is 5.42. The minimum Gasteiger partial charge on any atom is -0.494 e. The zero-order valence-electron chi connectivity index (χ0n) is 10.6. The molecule has 10 heteroatoms. The number of carbonyl (C=O) groups excluding carboxylic acids is 1. The maximum Gasteiger partial charge on any atom is 0.318 e. The quantitative estimate of drug-likeness (QED) is 0.409. The molecule has 0 saturated carbocycles. The number of nitro benzene ring substituents is 1. The Kier molecular flexibility index (Phi) is 6.09. The van der Waals surface area contributed by atoms with Gasteiger partial charge in [0.2, 0.25) is 5.91 Å². The van der Waals surface area contributed by atoms with Gasteiger partial charge >= 0.3 is 5.97 Å². The molecule has 114 valence electrons. The molecule has 21 heavy (non-hydrogen) atoms. The third-order valence-corrected chi connectivity index (χ3v) is 4.97. The third-order valence-electron chi connectivity index (χ3n) is 2.40. The van der Waals surface area contributed by atoms with Gasteiger partial charge < -0.3 is 15.2 Å². The second kappa shape index (κ2) is 7.36. The summed E-state index contributed by atoms with van der Waals surface area (Å²) in [6.45, 7) is 0. The van der Waals surface area contributed by atoms with Crippen molar-refractivity contribution in [2.45, 2.75) is 9.65 Å². The van der Waals surface area contributed by atoms with Crippen molar-refractivity contribution in [1.82, 2.24) is 0 Å². The van der Waals surface area contributed by atoms with Crippen LogP contribution in [-0.2, 0) is 9.59 Å². The van der Waals surface area contributed by atoms with Crippen molar-refractivity contribution in [1.29, 1.82) is 0 Å². The molecular weight excluding hydrogens is 416 g/mol. The van der Waals surface area contributed by atoms with E-state index in [1.807, 2.05) is 0 Å². The molecular formula is C11H10Br2N2O6. The van der Waals surface area contributed by atoms with E-state index in [1.165, 1.54) is 19.2 Å². The second-order valence-corrected chi connectivity index (χ2v) is 5.75. The van der Waals surface area contributed by atoms with Crippen LogP contribution in [0.25, 0.3) is 0 Å². The van der Waals surface area contributed by atoms with Gasteiger partial charge in [0.1, 0.15) is 15.4 Å². The highest BCUT2D eigenvalue weighted by Gasteiger charge is 2.30. The fourth-order valence-corrected chi connectivity index (χ4v) is 1.94. The van der Waals surface area contributed by atoms with Crippen molar-refractivity contribution in [2.75, 3.05) is 12.4 Å². The van der Waals surface area contributed by atoms with Gasteiger partial charge in [0.15, 0.2) is 0 Å². The highest BCUT2D eigenvalue weighted by molar-refractivity contribution is 9.12. The van der Waals surface area contributed by atoms with Gasteiger partial charge in [-0.1, -0.05) is 31.9 Å². The second-order valence-electron chi connectivity index (χ2n) is 3.77. The number of anilines is 1. The van der Waals surface area contributed by atoms with Crippen LogP contribution < -0.4 is 10.1 Å². The van der Waals surface area contributed by atoms with Crippen LogP contribution in [0.1, 0.15) is 0 Å². The minimum atomic E-state index is -1.21. The Hall–Kier alpha value is -1.68. The van der Waals surface area contributed by atoms with E-state index in [2.05, 4.69) is 37.2 Å². The van der Waals surface area contributed by atoms with Gasteiger partial charge in [0.25, 0.3) is 5.69 Å². The average molecular weight is 426 g/mol. The number of amides is 1. The molecule has 1 aromatic rings. The van der Waals surface area contributed by atoms with E-state index in [-0.39, 0.29) is 17.1 Å². The molecule has 0 saturated heterocycles. The minimum absolute atomic E-state index is 0.0960. The standard InChI is InChI=1S/C11H10Br2N2O6/c1-21-7-4-5(15(19)20)2-3-6(7)14-10(16)8(12)9(13)11(17)18/h2-4,8-9H,1H3,(H,14,16)(H,17,18)/t8-,9-/m0/s1. The van der Waals surface area contributed by atoms with Crippen molar-refractivity contribution in [2.24, 2.45) is 0 Å². The molecule has 0 fully saturated rings. The van der Waals surface area contributed by atoms with E-state index in [1.54, 1.807) is 0 Å². The molecule has 0 spiro atoms. The molecule has 2 atom stereocenters. The largest absolute Gasteiger partial charge is 0.494 e. The average Bonchev–Trinajstić information content (AvgIpc) is 2.45. The Morgan fingerprint density at radius 1 is 1.38 bits per heavy atom. The summed E-state index contributed by atoms with van der Waals surface area (Å²) in [5.41, 5.74) is 0.00628. The van der Waals surface area contributed by atoms with Crippen LogP contribution in [0.4, 0.5) is 11.4 Å². The number of nitrogens with zero attached hydrogens (tertiary/aromatic N) is 1. The van der Waals surface area contributed by atoms with Crippen LogP contribution in [0.5, 0.6) is 5.75 Å². The lowest BCUT2D eigenvalue weighted by Gasteiger charge is -2.14. The molecule has 0 aliphatic heterocycles. The summed E-state index contributed by atoms with van der Waals surface area (Å²) in [5.74, 6) is -1.74. The molecule has 8 nitrogen and oxygen atoms in total. The van der Waals surface area contributed by atoms with Crippen LogP contribution >= 0.6 is 31.9 Å². The van der Waals surface area contributed by atoms with E-state index < -0.39 is 26.5 Å². The Balaban J connectivity index is 2.95. The number of methoxy groups -OCH3 is 1. The summed E-state index contributed by atoms with van der Waals surface area (Å²) in [7, 11) is 1.30. The van der Waals surface area contributed by atoms with E-state index in [0.29, 0.717) is 0 Å². The van der Waals surface area contributed by atoms with Gasteiger partial charge in [0, 0.05) is 6.07 Å². The summed E-state index contributed by atoms with van der Waals surface area (Å²) in [6.07, 6.45) is 0. The van der Waals surface area contributed by atoms with Crippen LogP contribution in [0.2, 0.25) is 0 Å². The first-order valence-corrected chi connectivity index (χ1v) is 7.25. The van der Waals surface area contributed by atoms with Gasteiger partial charge in [-0.15, -0.1) is 0 Å². The van der Waals surface area contributed by atoms with Crippen LogP contribution in [-0.4, -0.2) is 38.7 Å². The Morgan fingerprint density at radius 2 is 2.00 bits per heavy atom. The normalized spacial score (nSPS) is 13.1. The summed E-state index contributed by atoms with van der Waals surface area (Å²) in [6, 6.07) is 3.66. The van der Waals surface area contributed by atoms with Gasteiger partial charge in [-0.2, -0.15) is 0 Å². The van der Waals surface area contributed by atoms with Gasteiger partial charge in [-0.3, -0.25) is 19.7 Å². The summed E-state index contributed by atoms with van der Waals surface area (Å²) < 4.78 is 4.96. The number of aliphatic carboxylic acids is 1. The highest BCUT2D eigenvalue weighted by atomic mass is 79.9. The van der Waals surface area contributed by atoms with Gasteiger partial charge in [0.05, 0.1) is 23.8 Å². The number of rotatable bonds is 6. The number of ether oxygens (including phenoxy) is 1. The predicted octanol–water partition coefficient (Wildman–Crippen LogP) is 2.15. The number of halogens is 2. The summed E-state index contributed by atoms with van der Waals surface area (Å²) in [4.78, 5) is 30.6. The number of carbonyl (C=O) groups is 2. The Labute approximate surface area is 135 Å². The SMILES string of the molecule is COc1cc([N+](=O)[O-])ccc1NC(=O)[C@@H](Br)[C@H](Br)C(=O)O. The molecule has 1 rings (SSSR count). The fraction of sp³-hybridized carbons (Fsp3) is 0.273. The number of nitrogens with one attached hydrogen (secondary N) is 1. The molecule has 0 aliphatic rings. The van der Waals surface area contributed by atoms with E-state index >= 15 is 0 Å². The number of carboxylic acid groups (broad SMARTS) is 1. The van der Waals surface area contributed by atoms with E-state index in [4.69, 9.17) is 9.84 Å². The highest BCUT2D eigenvalue weighted by Crippen LogP contribution is 2.29. The monoisotopic (exact) mass is 424 g/mol. The molecule has 0 aromatic heterocycles. The van der Waals surface area contributed by atoms with Crippen molar-refractivity contribution in [3.05, 3.63) is 28.3 Å². The van der Waals surface area contributed by atoms with Gasteiger partial charge in [-0.25, -0.2) is 0 Å². The fourth-order valence-electron chi connectivity index (χ4n) is 1.36. The van der Waals surface area contributed by atoms with Crippen molar-refractivity contribution < 1.29 is 24.4 Å². The lowest BCUT2D eigenvalue weighted by atomic mass is 10.2. The van der Waals surface area contributed by atoms with E-state index in [0.717, 1.165) is 6.07 Å². The van der Waals surface area contributed by atoms with Crippen molar-refractivity contribution in [3.63, 3.8) is 0 Å². The summed E-state index contributed by atoms with van der Waals surface area (Å²) >= 11 is 5.82. The molecule has 1 aromatic carbocycles. The lowest BCUT2D eigenvalue weighted by molar-refractivity contribution is -0.384. The number of nitro groups is 1. The van der Waals surface area contributed by atoms with Crippen molar-refractivity contribution >= 4 is 55.1 Å². The molecule has 2 N–H and O–H groups in total. The summed E-state index contributed by atoms with van der Waals surface area (Å²) in [5, 5.41) is 21.9. The first kappa shape index (κ1) is 17.4. The Morgan fingerprint density at radius 3 is 2.48 bits per heavy atom. The maximum absolute atomic E-state index is 11.9. The number of hydrogen-bond donors (Lipinski definition) is 2. The molecule has 0 radical (unpaired) electrons. The maximum atomic E-state index is 11.9. The lowest BCUT2D eigenvalue weighted by Crippen LogP contribution is -2.34. The molecule has 1 amide bonds. The third kappa shape index (κ3) is 4.39. The Bertz CT molecular complexity index is 580. The van der Waals surface area contributed by atoms with Crippen LogP contribution in [0.15, 0.2) is 18.2 Å².